The van der Waals surface area contributed by atoms with Crippen LogP contribution >= 0.6 is 27.5 Å². The molecule has 0 saturated heterocycles. The molecule has 9 heteroatoms. The van der Waals surface area contributed by atoms with Gasteiger partial charge in [0.15, 0.2) is 5.82 Å². The Morgan fingerprint density at radius 1 is 1.33 bits per heavy atom. The summed E-state index contributed by atoms with van der Waals surface area (Å²) in [5, 5.41) is 11.6. The second kappa shape index (κ2) is 8.22. The van der Waals surface area contributed by atoms with Gasteiger partial charge in [0, 0.05) is 34.5 Å². The van der Waals surface area contributed by atoms with Gasteiger partial charge in [-0.15, -0.1) is 0 Å². The zero-order valence-electron chi connectivity index (χ0n) is 14.8. The van der Waals surface area contributed by atoms with Crippen molar-refractivity contribution < 1.29 is 9.18 Å². The molecule has 0 spiro atoms. The number of carbonyl (C=O) groups is 1. The van der Waals surface area contributed by atoms with E-state index < -0.39 is 0 Å². The molecule has 1 amide bonds. The van der Waals surface area contributed by atoms with Crippen molar-refractivity contribution in [2.75, 3.05) is 5.32 Å². The lowest BCUT2D eigenvalue weighted by Gasteiger charge is -2.08. The summed E-state index contributed by atoms with van der Waals surface area (Å²) in [6, 6.07) is 6.29. The molecule has 1 N–H and O–H groups in total. The van der Waals surface area contributed by atoms with Crippen LogP contribution < -0.4 is 5.32 Å². The van der Waals surface area contributed by atoms with Gasteiger partial charge in [0.05, 0.1) is 23.8 Å². The fourth-order valence-electron chi connectivity index (χ4n) is 2.63. The number of carbonyl (C=O) groups excluding carboxylic acids is 1. The molecule has 2 aromatic heterocycles. The summed E-state index contributed by atoms with van der Waals surface area (Å²) in [6.07, 6.45) is 1.96. The largest absolute Gasteiger partial charge is 0.309 e. The summed E-state index contributed by atoms with van der Waals surface area (Å²) in [5.41, 5.74) is 2.11. The van der Waals surface area contributed by atoms with Gasteiger partial charge in [-0.05, 0) is 41.9 Å². The summed E-state index contributed by atoms with van der Waals surface area (Å²) in [6.45, 7) is 4.41. The molecule has 0 aliphatic carbocycles. The van der Waals surface area contributed by atoms with Gasteiger partial charge in [-0.25, -0.2) is 4.39 Å². The number of hydrogen-bond donors (Lipinski definition) is 1. The van der Waals surface area contributed by atoms with E-state index in [1.807, 2.05) is 13.8 Å². The number of benzene rings is 1. The predicted octanol–water partition coefficient (Wildman–Crippen LogP) is 4.33. The van der Waals surface area contributed by atoms with Gasteiger partial charge in [-0.1, -0.05) is 17.7 Å². The molecular weight excluding hydrogens is 437 g/mol. The van der Waals surface area contributed by atoms with Crippen molar-refractivity contribution in [3.05, 3.63) is 62.7 Å². The number of nitrogens with zero attached hydrogens (tertiary/aromatic N) is 4. The molecule has 27 heavy (non-hydrogen) atoms. The van der Waals surface area contributed by atoms with E-state index in [2.05, 4.69) is 31.4 Å². The smallest absolute Gasteiger partial charge is 0.227 e. The van der Waals surface area contributed by atoms with Crippen molar-refractivity contribution in [1.29, 1.82) is 0 Å². The zero-order valence-corrected chi connectivity index (χ0v) is 17.2. The van der Waals surface area contributed by atoms with Crippen molar-refractivity contribution in [1.82, 2.24) is 19.6 Å². The second-order valence-corrected chi connectivity index (χ2v) is 7.39. The van der Waals surface area contributed by atoms with E-state index in [1.165, 1.54) is 6.07 Å². The first-order chi connectivity index (χ1) is 12.8. The zero-order chi connectivity index (χ0) is 19.6. The van der Waals surface area contributed by atoms with Gasteiger partial charge in [-0.2, -0.15) is 10.2 Å². The average Bonchev–Trinajstić information content (AvgIpc) is 3.12. The van der Waals surface area contributed by atoms with Crippen LogP contribution in [0.5, 0.6) is 0 Å². The van der Waals surface area contributed by atoms with Crippen molar-refractivity contribution in [3.63, 3.8) is 0 Å². The third kappa shape index (κ3) is 4.56. The Morgan fingerprint density at radius 3 is 2.78 bits per heavy atom. The maximum absolute atomic E-state index is 14.0. The van der Waals surface area contributed by atoms with Crippen LogP contribution in [0.4, 0.5) is 10.2 Å². The standard InChI is InChI=1S/C18H18BrClFN5O/c1-11-8-17(23-18(27)6-7-25-12(2)14(19)9-22-25)24-26(11)10-13-15(20)4-3-5-16(13)21/h3-5,8-9H,6-7,10H2,1-2H3,(H,23,24,27). The first-order valence-electron chi connectivity index (χ1n) is 8.30. The fourth-order valence-corrected chi connectivity index (χ4v) is 3.15. The molecule has 0 saturated carbocycles. The number of nitrogens with one attached hydrogen (secondary N) is 1. The number of hydrogen-bond acceptors (Lipinski definition) is 3. The van der Waals surface area contributed by atoms with Crippen molar-refractivity contribution >= 4 is 39.3 Å². The van der Waals surface area contributed by atoms with E-state index in [0.29, 0.717) is 22.9 Å². The Bertz CT molecular complexity index is 964. The number of aryl methyl sites for hydroxylation is 2. The Morgan fingerprint density at radius 2 is 2.11 bits per heavy atom. The van der Waals surface area contributed by atoms with Gasteiger partial charge in [0.2, 0.25) is 5.91 Å². The van der Waals surface area contributed by atoms with Gasteiger partial charge < -0.3 is 5.32 Å². The highest BCUT2D eigenvalue weighted by Crippen LogP contribution is 2.21. The Hall–Kier alpha value is -2.19. The summed E-state index contributed by atoms with van der Waals surface area (Å²) < 4.78 is 18.2. The quantitative estimate of drug-likeness (QED) is 0.603. The second-order valence-electron chi connectivity index (χ2n) is 6.13. The minimum Gasteiger partial charge on any atom is -0.309 e. The van der Waals surface area contributed by atoms with Crippen LogP contribution in [-0.2, 0) is 17.9 Å². The van der Waals surface area contributed by atoms with E-state index in [-0.39, 0.29) is 24.7 Å². The van der Waals surface area contributed by atoms with Crippen LogP contribution in [0.2, 0.25) is 5.02 Å². The predicted molar refractivity (Wildman–Crippen MR) is 105 cm³/mol. The summed E-state index contributed by atoms with van der Waals surface area (Å²) in [7, 11) is 0. The first-order valence-corrected chi connectivity index (χ1v) is 9.47. The highest BCUT2D eigenvalue weighted by Gasteiger charge is 2.13. The van der Waals surface area contributed by atoms with Crippen molar-refractivity contribution in [2.45, 2.75) is 33.4 Å². The van der Waals surface area contributed by atoms with E-state index in [0.717, 1.165) is 15.9 Å². The number of aromatic nitrogens is 4. The van der Waals surface area contributed by atoms with Crippen LogP contribution in [0.3, 0.4) is 0 Å². The number of anilines is 1. The number of halogens is 3. The molecule has 0 atom stereocenters. The molecule has 2 heterocycles. The van der Waals surface area contributed by atoms with Crippen LogP contribution in [-0.4, -0.2) is 25.5 Å². The average molecular weight is 455 g/mol. The summed E-state index contributed by atoms with van der Waals surface area (Å²) >= 11 is 9.47. The minimum atomic E-state index is -0.385. The lowest BCUT2D eigenvalue weighted by molar-refractivity contribution is -0.116. The maximum atomic E-state index is 14.0. The Balaban J connectivity index is 1.64. The van der Waals surface area contributed by atoms with E-state index in [9.17, 15) is 9.18 Å². The Labute approximate surface area is 169 Å². The van der Waals surface area contributed by atoms with Crippen molar-refractivity contribution in [3.8, 4) is 0 Å². The maximum Gasteiger partial charge on any atom is 0.227 e. The molecule has 0 unspecified atom stereocenters. The molecule has 0 aliphatic heterocycles. The molecule has 0 radical (unpaired) electrons. The molecule has 142 valence electrons. The molecule has 3 rings (SSSR count). The van der Waals surface area contributed by atoms with Crippen LogP contribution in [0.1, 0.15) is 23.4 Å². The third-order valence-electron chi connectivity index (χ3n) is 4.21. The van der Waals surface area contributed by atoms with Crippen LogP contribution in [0.15, 0.2) is 34.9 Å². The summed E-state index contributed by atoms with van der Waals surface area (Å²) in [5.74, 6) is -0.137. The molecule has 1 aromatic carbocycles. The normalized spacial score (nSPS) is 11.0. The molecule has 0 fully saturated rings. The lowest BCUT2D eigenvalue weighted by atomic mass is 10.2. The molecule has 0 bridgehead atoms. The van der Waals surface area contributed by atoms with Crippen molar-refractivity contribution in [2.24, 2.45) is 0 Å². The SMILES string of the molecule is Cc1cc(NC(=O)CCn2ncc(Br)c2C)nn1Cc1c(F)cccc1Cl. The van der Waals surface area contributed by atoms with Gasteiger partial charge in [0.1, 0.15) is 5.82 Å². The monoisotopic (exact) mass is 453 g/mol. The topological polar surface area (TPSA) is 64.7 Å². The van der Waals surface area contributed by atoms with Crippen LogP contribution in [0, 0.1) is 19.7 Å². The third-order valence-corrected chi connectivity index (χ3v) is 5.34. The van der Waals surface area contributed by atoms with Gasteiger partial charge in [-0.3, -0.25) is 14.2 Å². The van der Waals surface area contributed by atoms with Crippen LogP contribution in [0.25, 0.3) is 0 Å². The summed E-state index contributed by atoms with van der Waals surface area (Å²) in [4.78, 5) is 12.2. The number of amides is 1. The molecule has 3 aromatic rings. The Kier molecular flexibility index (Phi) is 5.96. The molecule has 6 nitrogen and oxygen atoms in total. The first kappa shape index (κ1) is 19.6. The minimum absolute atomic E-state index is 0.172. The van der Waals surface area contributed by atoms with Gasteiger partial charge in [0.25, 0.3) is 0 Å². The molecule has 0 aliphatic rings. The van der Waals surface area contributed by atoms with E-state index >= 15 is 0 Å². The highest BCUT2D eigenvalue weighted by atomic mass is 79.9. The van der Waals surface area contributed by atoms with E-state index in [1.54, 1.807) is 33.8 Å². The van der Waals surface area contributed by atoms with E-state index in [4.69, 9.17) is 11.6 Å². The number of rotatable bonds is 6. The highest BCUT2D eigenvalue weighted by molar-refractivity contribution is 9.10. The molecular formula is C18H18BrClFN5O. The van der Waals surface area contributed by atoms with Gasteiger partial charge >= 0.3 is 0 Å². The lowest BCUT2D eigenvalue weighted by Crippen LogP contribution is -2.16. The fraction of sp³-hybridized carbons (Fsp3) is 0.278.